The molecule has 0 saturated carbocycles. The maximum absolute atomic E-state index is 13.3. The minimum Gasteiger partial charge on any atom is -0.367 e. The lowest BCUT2D eigenvalue weighted by molar-refractivity contribution is 0.439. The van der Waals surface area contributed by atoms with Gasteiger partial charge in [0.05, 0.1) is 5.56 Å². The minimum atomic E-state index is -0.381. The zero-order valence-corrected chi connectivity index (χ0v) is 10.3. The summed E-state index contributed by atoms with van der Waals surface area (Å²) in [6, 6.07) is 11.7. The van der Waals surface area contributed by atoms with Crippen LogP contribution in [-0.2, 0) is 0 Å². The second-order valence-corrected chi connectivity index (χ2v) is 4.29. The van der Waals surface area contributed by atoms with E-state index in [2.05, 4.69) is 5.16 Å². The summed E-state index contributed by atoms with van der Waals surface area (Å²) in [7, 11) is 0. The molecule has 0 saturated heterocycles. The molecule has 5 heteroatoms. The molecule has 3 nitrogen and oxygen atoms in total. The number of nitrogens with two attached hydrogens (primary N) is 1. The number of benzene rings is 2. The molecule has 0 radical (unpaired) electrons. The van der Waals surface area contributed by atoms with E-state index in [9.17, 15) is 8.78 Å². The van der Waals surface area contributed by atoms with Crippen LogP contribution in [-0.4, -0.2) is 5.16 Å². The Morgan fingerprint density at radius 1 is 0.900 bits per heavy atom. The number of rotatable bonds is 2. The second kappa shape index (κ2) is 4.77. The zero-order valence-electron chi connectivity index (χ0n) is 10.3. The maximum atomic E-state index is 13.3. The predicted molar refractivity (Wildman–Crippen MR) is 71.7 cm³/mol. The molecule has 0 aliphatic heterocycles. The van der Waals surface area contributed by atoms with E-state index >= 15 is 0 Å². The average Bonchev–Trinajstić information content (AvgIpc) is 2.81. The largest absolute Gasteiger partial charge is 0.367 e. The highest BCUT2D eigenvalue weighted by atomic mass is 19.1. The van der Waals surface area contributed by atoms with Gasteiger partial charge in [-0.1, -0.05) is 17.3 Å². The molecule has 0 amide bonds. The maximum Gasteiger partial charge on any atom is 0.230 e. The van der Waals surface area contributed by atoms with Crippen LogP contribution in [0.5, 0.6) is 0 Å². The van der Waals surface area contributed by atoms with Crippen LogP contribution in [0.3, 0.4) is 0 Å². The molecule has 3 aromatic rings. The Hall–Kier alpha value is -2.69. The summed E-state index contributed by atoms with van der Waals surface area (Å²) in [5, 5.41) is 3.88. The summed E-state index contributed by atoms with van der Waals surface area (Å²) >= 11 is 0. The Morgan fingerprint density at radius 3 is 2.35 bits per heavy atom. The smallest absolute Gasteiger partial charge is 0.230 e. The molecule has 0 bridgehead atoms. The van der Waals surface area contributed by atoms with E-state index in [0.29, 0.717) is 22.4 Å². The van der Waals surface area contributed by atoms with Gasteiger partial charge in [-0.25, -0.2) is 8.78 Å². The number of hydrogen-bond acceptors (Lipinski definition) is 3. The SMILES string of the molecule is Nc1onc(-c2ccc(F)cc2)c1-c1cccc(F)c1. The lowest BCUT2D eigenvalue weighted by Gasteiger charge is -2.03. The first-order chi connectivity index (χ1) is 9.65. The van der Waals surface area contributed by atoms with Crippen LogP contribution in [0.1, 0.15) is 0 Å². The van der Waals surface area contributed by atoms with Gasteiger partial charge in [0, 0.05) is 5.56 Å². The van der Waals surface area contributed by atoms with E-state index < -0.39 is 0 Å². The first-order valence-electron chi connectivity index (χ1n) is 5.92. The molecule has 1 heterocycles. The quantitative estimate of drug-likeness (QED) is 0.770. The highest BCUT2D eigenvalue weighted by Gasteiger charge is 2.17. The van der Waals surface area contributed by atoms with Crippen molar-refractivity contribution in [3.05, 3.63) is 60.2 Å². The Morgan fingerprint density at radius 2 is 1.65 bits per heavy atom. The third-order valence-electron chi connectivity index (χ3n) is 2.95. The molecule has 2 aromatic carbocycles. The molecule has 0 unspecified atom stereocenters. The molecule has 0 spiro atoms. The molecule has 2 N–H and O–H groups in total. The monoisotopic (exact) mass is 272 g/mol. The van der Waals surface area contributed by atoms with Gasteiger partial charge in [-0.15, -0.1) is 0 Å². The van der Waals surface area contributed by atoms with Crippen LogP contribution in [0, 0.1) is 11.6 Å². The summed E-state index contributed by atoms with van der Waals surface area (Å²) in [4.78, 5) is 0. The van der Waals surface area contributed by atoms with Gasteiger partial charge < -0.3 is 10.3 Å². The number of aromatic nitrogens is 1. The fourth-order valence-electron chi connectivity index (χ4n) is 2.03. The number of nitrogen functional groups attached to an aromatic ring is 1. The molecular weight excluding hydrogens is 262 g/mol. The van der Waals surface area contributed by atoms with Crippen molar-refractivity contribution in [2.45, 2.75) is 0 Å². The molecule has 3 rings (SSSR count). The lowest BCUT2D eigenvalue weighted by atomic mass is 10.0. The third-order valence-corrected chi connectivity index (χ3v) is 2.95. The Bertz CT molecular complexity index is 751. The Labute approximate surface area is 113 Å². The van der Waals surface area contributed by atoms with Gasteiger partial charge >= 0.3 is 0 Å². The summed E-state index contributed by atoms with van der Waals surface area (Å²) in [6.45, 7) is 0. The number of hydrogen-bond donors (Lipinski definition) is 1. The number of nitrogens with zero attached hydrogens (tertiary/aromatic N) is 1. The summed E-state index contributed by atoms with van der Waals surface area (Å²) < 4.78 is 31.3. The Kier molecular flexibility index (Phi) is 2.95. The van der Waals surface area contributed by atoms with Crippen molar-refractivity contribution in [3.8, 4) is 22.4 Å². The minimum absolute atomic E-state index is 0.0925. The number of halogens is 2. The average molecular weight is 272 g/mol. The second-order valence-electron chi connectivity index (χ2n) is 4.29. The van der Waals surface area contributed by atoms with E-state index in [4.69, 9.17) is 10.3 Å². The van der Waals surface area contributed by atoms with Crippen molar-refractivity contribution in [2.24, 2.45) is 0 Å². The van der Waals surface area contributed by atoms with Crippen LogP contribution >= 0.6 is 0 Å². The molecular formula is C15H10F2N2O. The van der Waals surface area contributed by atoms with Gasteiger partial charge in [-0.3, -0.25) is 0 Å². The first kappa shape index (κ1) is 12.3. The van der Waals surface area contributed by atoms with Crippen LogP contribution in [0.15, 0.2) is 53.1 Å². The Balaban J connectivity index is 2.17. The third kappa shape index (κ3) is 2.14. The van der Waals surface area contributed by atoms with Gasteiger partial charge in [0.1, 0.15) is 17.3 Å². The van der Waals surface area contributed by atoms with E-state index in [1.165, 1.54) is 24.3 Å². The van der Waals surface area contributed by atoms with Gasteiger partial charge in [0.25, 0.3) is 0 Å². The molecule has 0 aliphatic carbocycles. The molecule has 0 atom stereocenters. The zero-order chi connectivity index (χ0) is 14.1. The van der Waals surface area contributed by atoms with Crippen molar-refractivity contribution in [3.63, 3.8) is 0 Å². The van der Waals surface area contributed by atoms with E-state index in [0.717, 1.165) is 0 Å². The van der Waals surface area contributed by atoms with Crippen molar-refractivity contribution in [1.29, 1.82) is 0 Å². The summed E-state index contributed by atoms with van der Waals surface area (Å²) in [6.07, 6.45) is 0. The van der Waals surface area contributed by atoms with E-state index in [-0.39, 0.29) is 17.5 Å². The molecule has 0 fully saturated rings. The topological polar surface area (TPSA) is 52.0 Å². The summed E-state index contributed by atoms with van der Waals surface area (Å²) in [5.41, 5.74) is 7.92. The van der Waals surface area contributed by atoms with Gasteiger partial charge in [-0.05, 0) is 42.0 Å². The normalized spacial score (nSPS) is 10.7. The highest BCUT2D eigenvalue weighted by Crippen LogP contribution is 2.36. The van der Waals surface area contributed by atoms with Crippen molar-refractivity contribution >= 4 is 5.88 Å². The fraction of sp³-hybridized carbons (Fsp3) is 0. The summed E-state index contributed by atoms with van der Waals surface area (Å²) in [5.74, 6) is -0.638. The van der Waals surface area contributed by atoms with Gasteiger partial charge in [0.2, 0.25) is 5.88 Å². The van der Waals surface area contributed by atoms with Crippen LogP contribution in [0.25, 0.3) is 22.4 Å². The first-order valence-corrected chi connectivity index (χ1v) is 5.92. The highest BCUT2D eigenvalue weighted by molar-refractivity contribution is 5.86. The standard InChI is InChI=1S/C15H10F2N2O/c16-11-6-4-9(5-7-11)14-13(15(18)20-19-14)10-2-1-3-12(17)8-10/h1-8H,18H2. The van der Waals surface area contributed by atoms with Crippen molar-refractivity contribution in [1.82, 2.24) is 5.16 Å². The van der Waals surface area contributed by atoms with Crippen molar-refractivity contribution < 1.29 is 13.3 Å². The molecule has 100 valence electrons. The van der Waals surface area contributed by atoms with Crippen LogP contribution < -0.4 is 5.73 Å². The van der Waals surface area contributed by atoms with Gasteiger partial charge in [-0.2, -0.15) is 0 Å². The fourth-order valence-corrected chi connectivity index (χ4v) is 2.03. The van der Waals surface area contributed by atoms with Crippen LogP contribution in [0.2, 0.25) is 0 Å². The lowest BCUT2D eigenvalue weighted by Crippen LogP contribution is -1.88. The molecule has 1 aromatic heterocycles. The molecule has 20 heavy (non-hydrogen) atoms. The van der Waals surface area contributed by atoms with Crippen LogP contribution in [0.4, 0.5) is 14.7 Å². The van der Waals surface area contributed by atoms with E-state index in [1.807, 2.05) is 0 Å². The number of anilines is 1. The van der Waals surface area contributed by atoms with Crippen molar-refractivity contribution in [2.75, 3.05) is 5.73 Å². The van der Waals surface area contributed by atoms with E-state index in [1.54, 1.807) is 24.3 Å². The predicted octanol–water partition coefficient (Wildman–Crippen LogP) is 3.87. The van der Waals surface area contributed by atoms with Gasteiger partial charge in [0.15, 0.2) is 0 Å². The molecule has 0 aliphatic rings.